The van der Waals surface area contributed by atoms with Crippen molar-refractivity contribution in [3.63, 3.8) is 0 Å². The summed E-state index contributed by atoms with van der Waals surface area (Å²) < 4.78 is 45.8. The molecular formula is C26H20F2N2O4. The van der Waals surface area contributed by atoms with Crippen LogP contribution in [0.2, 0.25) is 0 Å². The second kappa shape index (κ2) is 9.17. The summed E-state index contributed by atoms with van der Waals surface area (Å²) in [5.74, 6) is -4.29. The highest BCUT2D eigenvalue weighted by atomic mass is 19.2. The molecule has 1 saturated heterocycles. The van der Waals surface area contributed by atoms with Crippen LogP contribution in [0, 0.1) is 11.6 Å². The van der Waals surface area contributed by atoms with E-state index in [0.717, 1.165) is 23.3 Å². The number of nitrogens with zero attached hydrogens (tertiary/aromatic N) is 2. The van der Waals surface area contributed by atoms with E-state index in [2.05, 4.69) is 4.98 Å². The van der Waals surface area contributed by atoms with Crippen LogP contribution in [0.25, 0.3) is 11.1 Å². The van der Waals surface area contributed by atoms with Crippen LogP contribution >= 0.6 is 0 Å². The zero-order chi connectivity index (χ0) is 23.5. The summed E-state index contributed by atoms with van der Waals surface area (Å²) in [6.45, 7) is 0.171. The van der Waals surface area contributed by atoms with E-state index in [-0.39, 0.29) is 18.9 Å². The molecule has 1 fully saturated rings. The summed E-state index contributed by atoms with van der Waals surface area (Å²) in [4.78, 5) is 16.8. The number of imidazole rings is 1. The third-order valence-electron chi connectivity index (χ3n) is 5.55. The van der Waals surface area contributed by atoms with Crippen LogP contribution in [-0.2, 0) is 26.6 Å². The highest BCUT2D eigenvalue weighted by molar-refractivity contribution is 5.77. The Morgan fingerprint density at radius 2 is 1.79 bits per heavy atom. The van der Waals surface area contributed by atoms with E-state index in [1.54, 1.807) is 23.3 Å². The molecule has 1 aromatic heterocycles. The Morgan fingerprint density at radius 3 is 2.50 bits per heavy atom. The van der Waals surface area contributed by atoms with Gasteiger partial charge in [0.1, 0.15) is 5.75 Å². The van der Waals surface area contributed by atoms with Gasteiger partial charge < -0.3 is 18.8 Å². The summed E-state index contributed by atoms with van der Waals surface area (Å²) in [5.41, 5.74) is 2.80. The van der Waals surface area contributed by atoms with Gasteiger partial charge in [-0.3, -0.25) is 0 Å². The molecular weight excluding hydrogens is 442 g/mol. The first-order valence-electron chi connectivity index (χ1n) is 10.6. The minimum atomic E-state index is -1.27. The average Bonchev–Trinajstić information content (AvgIpc) is 3.53. The lowest BCUT2D eigenvalue weighted by Gasteiger charge is -2.29. The maximum Gasteiger partial charge on any atom is 0.343 e. The maximum atomic E-state index is 13.5. The van der Waals surface area contributed by atoms with Gasteiger partial charge in [-0.25, -0.2) is 18.6 Å². The largest absolute Gasteiger partial charge is 0.424 e. The zero-order valence-corrected chi connectivity index (χ0v) is 17.9. The first-order chi connectivity index (χ1) is 16.5. The van der Waals surface area contributed by atoms with E-state index in [0.29, 0.717) is 5.56 Å². The molecule has 0 saturated carbocycles. The third-order valence-corrected chi connectivity index (χ3v) is 5.55. The first kappa shape index (κ1) is 21.9. The van der Waals surface area contributed by atoms with Gasteiger partial charge in [0.2, 0.25) is 5.79 Å². The zero-order valence-electron chi connectivity index (χ0n) is 17.9. The highest BCUT2D eigenvalue weighted by Gasteiger charge is 2.47. The summed E-state index contributed by atoms with van der Waals surface area (Å²) in [7, 11) is 0. The van der Waals surface area contributed by atoms with Crippen LogP contribution in [0.5, 0.6) is 5.75 Å². The molecule has 0 spiro atoms. The molecule has 4 aromatic rings. The molecule has 0 bridgehead atoms. The van der Waals surface area contributed by atoms with E-state index < -0.39 is 29.5 Å². The van der Waals surface area contributed by atoms with E-state index >= 15 is 0 Å². The molecule has 0 N–H and O–H groups in total. The van der Waals surface area contributed by atoms with Crippen molar-refractivity contribution in [2.24, 2.45) is 0 Å². The monoisotopic (exact) mass is 462 g/mol. The summed E-state index contributed by atoms with van der Waals surface area (Å²) in [6, 6.07) is 20.5. The van der Waals surface area contributed by atoms with Gasteiger partial charge in [-0.05, 0) is 23.3 Å². The van der Waals surface area contributed by atoms with Crippen LogP contribution < -0.4 is 4.74 Å². The molecule has 0 unspecified atom stereocenters. The molecule has 1 aliphatic rings. The quantitative estimate of drug-likeness (QED) is 0.307. The standard InChI is InChI=1S/C26H20F2N2O4/c27-22-11-10-21(14-23(22)28)33-25(31)24-15-32-26(34-24,16-30-13-12-29-17-30)20-8-6-19(7-9-20)18-4-2-1-3-5-18/h1-14,17,24H,15-16H2/t24-,26-/m0/s1. The van der Waals surface area contributed by atoms with Crippen LogP contribution in [0.4, 0.5) is 8.78 Å². The minimum absolute atomic E-state index is 0.0718. The molecule has 1 aliphatic heterocycles. The summed E-state index contributed by atoms with van der Waals surface area (Å²) in [5, 5.41) is 0. The topological polar surface area (TPSA) is 62.6 Å². The maximum absolute atomic E-state index is 13.5. The molecule has 0 radical (unpaired) electrons. The molecule has 2 heterocycles. The number of carbonyl (C=O) groups excluding carboxylic acids is 1. The van der Waals surface area contributed by atoms with Gasteiger partial charge in [-0.15, -0.1) is 0 Å². The fourth-order valence-corrected chi connectivity index (χ4v) is 3.84. The second-order valence-electron chi connectivity index (χ2n) is 7.85. The van der Waals surface area contributed by atoms with Gasteiger partial charge in [0.05, 0.1) is 19.5 Å². The molecule has 34 heavy (non-hydrogen) atoms. The number of halogens is 2. The van der Waals surface area contributed by atoms with Crippen molar-refractivity contribution in [3.8, 4) is 16.9 Å². The Labute approximate surface area is 194 Å². The van der Waals surface area contributed by atoms with Crippen molar-refractivity contribution in [2.45, 2.75) is 18.4 Å². The number of ether oxygens (including phenoxy) is 3. The van der Waals surface area contributed by atoms with E-state index in [1.165, 1.54) is 6.07 Å². The first-order valence-corrected chi connectivity index (χ1v) is 10.6. The number of hydrogen-bond acceptors (Lipinski definition) is 5. The van der Waals surface area contributed by atoms with Crippen molar-refractivity contribution in [1.82, 2.24) is 9.55 Å². The van der Waals surface area contributed by atoms with Crippen molar-refractivity contribution in [3.05, 3.63) is 109 Å². The van der Waals surface area contributed by atoms with Crippen molar-refractivity contribution in [2.75, 3.05) is 6.61 Å². The number of carbonyl (C=O) groups is 1. The van der Waals surface area contributed by atoms with Crippen LogP contribution in [0.15, 0.2) is 91.5 Å². The van der Waals surface area contributed by atoms with E-state index in [4.69, 9.17) is 14.2 Å². The molecule has 5 rings (SSSR count). The van der Waals surface area contributed by atoms with Crippen molar-refractivity contribution < 1.29 is 27.8 Å². The molecule has 0 amide bonds. The number of hydrogen-bond donors (Lipinski definition) is 0. The SMILES string of the molecule is O=C(Oc1ccc(F)c(F)c1)[C@@H]1CO[C@](Cn2ccnc2)(c2ccc(-c3ccccc3)cc2)O1. The Balaban J connectivity index is 1.39. The normalized spacial score (nSPS) is 19.8. The minimum Gasteiger partial charge on any atom is -0.424 e. The Morgan fingerprint density at radius 1 is 1.03 bits per heavy atom. The molecule has 0 aliphatic carbocycles. The lowest BCUT2D eigenvalue weighted by Crippen LogP contribution is -2.35. The van der Waals surface area contributed by atoms with Crippen molar-refractivity contribution >= 4 is 5.97 Å². The van der Waals surface area contributed by atoms with E-state index in [9.17, 15) is 13.6 Å². The molecule has 6 nitrogen and oxygen atoms in total. The lowest BCUT2D eigenvalue weighted by molar-refractivity contribution is -0.193. The Bertz CT molecular complexity index is 1280. The molecule has 3 aromatic carbocycles. The van der Waals surface area contributed by atoms with Crippen LogP contribution in [0.3, 0.4) is 0 Å². The van der Waals surface area contributed by atoms with Gasteiger partial charge in [0, 0.05) is 24.0 Å². The number of esters is 1. The average molecular weight is 462 g/mol. The summed E-state index contributed by atoms with van der Waals surface area (Å²) >= 11 is 0. The fraction of sp³-hybridized carbons (Fsp3) is 0.154. The van der Waals surface area contributed by atoms with Gasteiger partial charge in [-0.2, -0.15) is 0 Å². The number of benzene rings is 3. The Kier molecular flexibility index (Phi) is 5.91. The lowest BCUT2D eigenvalue weighted by atomic mass is 10.00. The highest BCUT2D eigenvalue weighted by Crippen LogP contribution is 2.37. The molecule has 172 valence electrons. The van der Waals surface area contributed by atoms with Crippen LogP contribution in [0.1, 0.15) is 5.56 Å². The van der Waals surface area contributed by atoms with Gasteiger partial charge >= 0.3 is 5.97 Å². The Hall–Kier alpha value is -3.88. The predicted molar refractivity (Wildman–Crippen MR) is 119 cm³/mol. The van der Waals surface area contributed by atoms with E-state index in [1.807, 2.05) is 54.6 Å². The van der Waals surface area contributed by atoms with Crippen LogP contribution in [-0.4, -0.2) is 28.2 Å². The third kappa shape index (κ3) is 4.46. The van der Waals surface area contributed by atoms with Crippen molar-refractivity contribution in [1.29, 1.82) is 0 Å². The fourth-order valence-electron chi connectivity index (χ4n) is 3.84. The smallest absolute Gasteiger partial charge is 0.343 e. The molecule has 8 heteroatoms. The molecule has 2 atom stereocenters. The summed E-state index contributed by atoms with van der Waals surface area (Å²) in [6.07, 6.45) is 3.96. The number of aromatic nitrogens is 2. The predicted octanol–water partition coefficient (Wildman–Crippen LogP) is 4.70. The van der Waals surface area contributed by atoms with Gasteiger partial charge in [0.15, 0.2) is 17.7 Å². The second-order valence-corrected chi connectivity index (χ2v) is 7.85. The van der Waals surface area contributed by atoms with Gasteiger partial charge in [-0.1, -0.05) is 54.6 Å². The van der Waals surface area contributed by atoms with Gasteiger partial charge in [0.25, 0.3) is 0 Å². The number of rotatable bonds is 6.